The predicted octanol–water partition coefficient (Wildman–Crippen LogP) is 4.08. The molecule has 0 spiro atoms. The quantitative estimate of drug-likeness (QED) is 0.272. The normalized spacial score (nSPS) is 14.1. The Morgan fingerprint density at radius 3 is 2.44 bits per heavy atom. The number of rotatable bonds is 9. The number of thiazole rings is 1. The van der Waals surface area contributed by atoms with Gasteiger partial charge in [0.05, 0.1) is 19.8 Å². The Bertz CT molecular complexity index is 1350. The van der Waals surface area contributed by atoms with Crippen LogP contribution in [0.3, 0.4) is 0 Å². The monoisotopic (exact) mass is 503 g/mol. The summed E-state index contributed by atoms with van der Waals surface area (Å²) in [6.45, 7) is 5.01. The molecule has 1 fully saturated rings. The van der Waals surface area contributed by atoms with Crippen molar-refractivity contribution in [2.45, 2.75) is 19.7 Å². The number of ether oxygens (including phenoxy) is 1. The second-order valence-electron chi connectivity index (χ2n) is 8.80. The van der Waals surface area contributed by atoms with Crippen LogP contribution in [0.1, 0.15) is 27.2 Å². The number of nitrogens with two attached hydrogens (primary N) is 1. The highest BCUT2D eigenvalue weighted by Crippen LogP contribution is 2.32. The average Bonchev–Trinajstić information content (AvgIpc) is 3.31. The molecule has 0 atom stereocenters. The standard InChI is InChI=1S/C27H29N5O3S/c28-25(34)24-26(29-15-18-1-3-19(4-2-18)16-32-9-11-35-12-10-32)36-27(31-24)30-23-8-7-21-13-20(17-33)5-6-22(21)14-23/h1-8,13-14,29,33H,9-12,15-17H2,(H2,28,34)(H,30,31). The topological polar surface area (TPSA) is 113 Å². The van der Waals surface area contributed by atoms with Gasteiger partial charge in [0.25, 0.3) is 5.91 Å². The van der Waals surface area contributed by atoms with Gasteiger partial charge in [-0.05, 0) is 45.7 Å². The van der Waals surface area contributed by atoms with E-state index < -0.39 is 5.91 Å². The Labute approximate surface area is 213 Å². The highest BCUT2D eigenvalue weighted by atomic mass is 32.1. The SMILES string of the molecule is NC(=O)c1nc(Nc2ccc3cc(CO)ccc3c2)sc1NCc1ccc(CN2CCOCC2)cc1. The van der Waals surface area contributed by atoms with E-state index in [1.54, 1.807) is 0 Å². The Morgan fingerprint density at radius 2 is 1.69 bits per heavy atom. The van der Waals surface area contributed by atoms with Gasteiger partial charge in [0.2, 0.25) is 0 Å². The van der Waals surface area contributed by atoms with Crippen molar-refractivity contribution < 1.29 is 14.6 Å². The zero-order valence-electron chi connectivity index (χ0n) is 19.9. The van der Waals surface area contributed by atoms with Gasteiger partial charge >= 0.3 is 0 Å². The number of amides is 1. The van der Waals surface area contributed by atoms with Crippen LogP contribution in [-0.2, 0) is 24.4 Å². The van der Waals surface area contributed by atoms with Crippen molar-refractivity contribution in [1.29, 1.82) is 0 Å². The second kappa shape index (κ2) is 11.0. The van der Waals surface area contributed by atoms with Crippen molar-refractivity contribution >= 4 is 43.8 Å². The molecule has 5 rings (SSSR count). The van der Waals surface area contributed by atoms with Crippen LogP contribution in [0.2, 0.25) is 0 Å². The number of fused-ring (bicyclic) bond motifs is 1. The van der Waals surface area contributed by atoms with E-state index in [0.717, 1.165) is 60.4 Å². The Morgan fingerprint density at radius 1 is 1.00 bits per heavy atom. The number of benzene rings is 3. The first-order valence-electron chi connectivity index (χ1n) is 11.9. The number of nitrogens with zero attached hydrogens (tertiary/aromatic N) is 2. The van der Waals surface area contributed by atoms with E-state index >= 15 is 0 Å². The molecule has 0 bridgehead atoms. The van der Waals surface area contributed by atoms with Gasteiger partial charge in [0, 0.05) is 31.9 Å². The summed E-state index contributed by atoms with van der Waals surface area (Å²) in [7, 11) is 0. The number of carbonyl (C=O) groups is 1. The Balaban J connectivity index is 1.24. The van der Waals surface area contributed by atoms with Gasteiger partial charge in [0.1, 0.15) is 5.00 Å². The number of morpholine rings is 1. The van der Waals surface area contributed by atoms with E-state index in [4.69, 9.17) is 10.5 Å². The first-order valence-corrected chi connectivity index (χ1v) is 12.7. The van der Waals surface area contributed by atoms with Crippen LogP contribution in [0.25, 0.3) is 10.8 Å². The number of hydrogen-bond acceptors (Lipinski definition) is 8. The van der Waals surface area contributed by atoms with Crippen LogP contribution >= 0.6 is 11.3 Å². The van der Waals surface area contributed by atoms with Crippen molar-refractivity contribution in [3.05, 3.63) is 83.0 Å². The molecule has 186 valence electrons. The third-order valence-electron chi connectivity index (χ3n) is 6.18. The van der Waals surface area contributed by atoms with Crippen LogP contribution in [0.5, 0.6) is 0 Å². The maximum absolute atomic E-state index is 12.0. The number of hydrogen-bond donors (Lipinski definition) is 4. The van der Waals surface area contributed by atoms with Crippen LogP contribution in [-0.4, -0.2) is 47.2 Å². The number of anilines is 3. The van der Waals surface area contributed by atoms with E-state index in [0.29, 0.717) is 16.7 Å². The first-order chi connectivity index (χ1) is 17.6. The fourth-order valence-electron chi connectivity index (χ4n) is 4.22. The highest BCUT2D eigenvalue weighted by molar-refractivity contribution is 7.19. The molecule has 5 N–H and O–H groups in total. The molecule has 36 heavy (non-hydrogen) atoms. The summed E-state index contributed by atoms with van der Waals surface area (Å²) in [5, 5.41) is 19.2. The van der Waals surface area contributed by atoms with Gasteiger partial charge < -0.3 is 26.2 Å². The molecule has 0 aliphatic carbocycles. The third-order valence-corrected chi connectivity index (χ3v) is 7.11. The van der Waals surface area contributed by atoms with E-state index in [1.165, 1.54) is 16.9 Å². The van der Waals surface area contributed by atoms with Gasteiger partial charge in [-0.3, -0.25) is 9.69 Å². The molecule has 0 radical (unpaired) electrons. The van der Waals surface area contributed by atoms with E-state index in [1.807, 2.05) is 36.4 Å². The van der Waals surface area contributed by atoms with Crippen LogP contribution in [0.15, 0.2) is 60.7 Å². The minimum absolute atomic E-state index is 0.0132. The zero-order chi connectivity index (χ0) is 24.9. The molecule has 1 aliphatic heterocycles. The van der Waals surface area contributed by atoms with Crippen LogP contribution in [0.4, 0.5) is 15.8 Å². The fraction of sp³-hybridized carbons (Fsp3) is 0.259. The highest BCUT2D eigenvalue weighted by Gasteiger charge is 2.16. The lowest BCUT2D eigenvalue weighted by molar-refractivity contribution is 0.0342. The molecule has 1 aliphatic rings. The summed E-state index contributed by atoms with van der Waals surface area (Å²) in [5.74, 6) is -0.572. The number of nitrogens with one attached hydrogen (secondary N) is 2. The lowest BCUT2D eigenvalue weighted by Crippen LogP contribution is -2.35. The van der Waals surface area contributed by atoms with Gasteiger partial charge in [-0.1, -0.05) is 53.8 Å². The lowest BCUT2D eigenvalue weighted by Gasteiger charge is -2.26. The number of aliphatic hydroxyl groups is 1. The van der Waals surface area contributed by atoms with E-state index in [9.17, 15) is 9.90 Å². The molecule has 8 nitrogen and oxygen atoms in total. The summed E-state index contributed by atoms with van der Waals surface area (Å²) in [5.41, 5.74) is 9.93. The molecule has 9 heteroatoms. The fourth-order valence-corrected chi connectivity index (χ4v) is 5.10. The van der Waals surface area contributed by atoms with Gasteiger partial charge in [-0.15, -0.1) is 0 Å². The summed E-state index contributed by atoms with van der Waals surface area (Å²) in [6, 6.07) is 20.3. The minimum atomic E-state index is -0.572. The minimum Gasteiger partial charge on any atom is -0.392 e. The van der Waals surface area contributed by atoms with Crippen LogP contribution in [0, 0.1) is 0 Å². The molecule has 1 saturated heterocycles. The van der Waals surface area contributed by atoms with Crippen molar-refractivity contribution in [3.63, 3.8) is 0 Å². The summed E-state index contributed by atoms with van der Waals surface area (Å²) < 4.78 is 5.42. The van der Waals surface area contributed by atoms with Gasteiger partial charge in [0.15, 0.2) is 10.8 Å². The summed E-state index contributed by atoms with van der Waals surface area (Å²) in [6.07, 6.45) is 0. The average molecular weight is 504 g/mol. The lowest BCUT2D eigenvalue weighted by atomic mass is 10.1. The molecule has 0 unspecified atom stereocenters. The van der Waals surface area contributed by atoms with E-state index in [2.05, 4.69) is 44.8 Å². The Kier molecular flexibility index (Phi) is 7.43. The molecular formula is C27H29N5O3S. The van der Waals surface area contributed by atoms with Crippen molar-refractivity contribution in [2.24, 2.45) is 5.73 Å². The van der Waals surface area contributed by atoms with Crippen molar-refractivity contribution in [2.75, 3.05) is 36.9 Å². The number of primary amides is 1. The Hall–Kier alpha value is -3.50. The molecule has 1 aromatic heterocycles. The molecular weight excluding hydrogens is 474 g/mol. The van der Waals surface area contributed by atoms with Crippen molar-refractivity contribution in [3.8, 4) is 0 Å². The van der Waals surface area contributed by atoms with Crippen LogP contribution < -0.4 is 16.4 Å². The third kappa shape index (κ3) is 5.83. The predicted molar refractivity (Wildman–Crippen MR) is 144 cm³/mol. The summed E-state index contributed by atoms with van der Waals surface area (Å²) >= 11 is 1.35. The smallest absolute Gasteiger partial charge is 0.270 e. The largest absolute Gasteiger partial charge is 0.392 e. The molecule has 2 heterocycles. The number of aromatic nitrogens is 1. The van der Waals surface area contributed by atoms with E-state index in [-0.39, 0.29) is 12.3 Å². The maximum atomic E-state index is 12.0. The number of aliphatic hydroxyl groups excluding tert-OH is 1. The molecule has 3 aromatic carbocycles. The second-order valence-corrected chi connectivity index (χ2v) is 9.80. The van der Waals surface area contributed by atoms with Gasteiger partial charge in [-0.2, -0.15) is 0 Å². The molecule has 0 saturated carbocycles. The van der Waals surface area contributed by atoms with Gasteiger partial charge in [-0.25, -0.2) is 4.98 Å². The summed E-state index contributed by atoms with van der Waals surface area (Å²) in [4.78, 5) is 18.9. The van der Waals surface area contributed by atoms with Crippen molar-refractivity contribution in [1.82, 2.24) is 9.88 Å². The molecule has 1 amide bonds. The number of carbonyl (C=O) groups excluding carboxylic acids is 1. The molecule has 4 aromatic rings. The first kappa shape index (κ1) is 24.2. The zero-order valence-corrected chi connectivity index (χ0v) is 20.7. The maximum Gasteiger partial charge on any atom is 0.270 e.